The number of fused-ring (bicyclic) bond motifs is 1. The van der Waals surface area contributed by atoms with Crippen LogP contribution in [0.15, 0.2) is 119 Å². The average molecular weight is 355 g/mol. The minimum Gasteiger partial charge on any atom is -0.461 e. The average Bonchev–Trinajstić information content (AvgIpc) is 3.49. The van der Waals surface area contributed by atoms with Crippen LogP contribution < -0.4 is 0 Å². The lowest BCUT2D eigenvalue weighted by Crippen LogP contribution is -1.67. The molecule has 1 nitrogen and oxygen atoms in total. The molecule has 0 fully saturated rings. The number of hydrogen-bond acceptors (Lipinski definition) is 2. The van der Waals surface area contributed by atoms with Crippen molar-refractivity contribution in [3.05, 3.63) is 132 Å². The van der Waals surface area contributed by atoms with Crippen molar-refractivity contribution in [2.75, 3.05) is 0 Å². The summed E-state index contributed by atoms with van der Waals surface area (Å²) < 4.78 is 4.46. The fourth-order valence-electron chi connectivity index (χ4n) is 1.83. The highest BCUT2D eigenvalue weighted by atomic mass is 32.1. The lowest BCUT2D eigenvalue weighted by atomic mass is 10.1. The molecule has 0 amide bonds. The third-order valence-corrected chi connectivity index (χ3v) is 3.61. The summed E-state index contributed by atoms with van der Waals surface area (Å²) in [5.41, 5.74) is 0. The topological polar surface area (TPSA) is 13.1 Å². The van der Waals surface area contributed by atoms with Crippen molar-refractivity contribution in [1.82, 2.24) is 0 Å². The Labute approximate surface area is 159 Å². The summed E-state index contributed by atoms with van der Waals surface area (Å²) in [6.45, 7) is 0. The van der Waals surface area contributed by atoms with Gasteiger partial charge in [0.1, 0.15) is 0 Å². The Bertz CT molecular complexity index is 729. The van der Waals surface area contributed by atoms with Gasteiger partial charge in [-0.05, 0) is 45.8 Å². The summed E-state index contributed by atoms with van der Waals surface area (Å²) in [5, 5.41) is 6.52. The highest BCUT2D eigenvalue weighted by Gasteiger charge is 1.85. The second-order valence-corrected chi connectivity index (χ2v) is 5.68. The molecule has 0 bridgehead atoms. The van der Waals surface area contributed by atoms with Crippen LogP contribution in [0.1, 0.15) is 0 Å². The third kappa shape index (κ3) is 8.67. The number of rotatable bonds is 0. The minimum absolute atomic E-state index is 1.19. The fourth-order valence-corrected chi connectivity index (χ4v) is 2.28. The van der Waals surface area contributed by atoms with Crippen LogP contribution in [0.5, 0.6) is 0 Å². The molecule has 26 heavy (non-hydrogen) atoms. The Kier molecular flexibility index (Phi) is 9.78. The largest absolute Gasteiger partial charge is 0.461 e. The van der Waals surface area contributed by atoms with E-state index in [1.165, 1.54) is 10.8 Å². The van der Waals surface area contributed by atoms with Crippen molar-refractivity contribution >= 4 is 22.1 Å². The van der Waals surface area contributed by atoms with Crippen molar-refractivity contribution in [3.8, 4) is 0 Å². The Morgan fingerprint density at radius 3 is 1.88 bits per heavy atom. The van der Waals surface area contributed by atoms with Gasteiger partial charge >= 0.3 is 0 Å². The van der Waals surface area contributed by atoms with E-state index in [-0.39, 0.29) is 0 Å². The standard InChI is InChI=1S/C10H7.C6H5.C4H3O.C4H4S/c1-2-6-10-8-4-3-7-9(10)5-1;1-2-4-6-5-3-1;2*1-2-4-5-3-1/h1-7H;1-5H;1-3H;1-4H. The van der Waals surface area contributed by atoms with E-state index in [1.807, 2.05) is 77.5 Å². The van der Waals surface area contributed by atoms with E-state index in [0.29, 0.717) is 0 Å². The molecule has 0 aliphatic carbocycles. The summed E-state index contributed by atoms with van der Waals surface area (Å²) >= 11 is 1.71. The second-order valence-electron chi connectivity index (χ2n) is 4.86. The van der Waals surface area contributed by atoms with E-state index in [2.05, 4.69) is 41.0 Å². The fraction of sp³-hybridized carbons (Fsp3) is 0. The smallest absolute Gasteiger partial charge is 0.169 e. The summed E-state index contributed by atoms with van der Waals surface area (Å²) in [7, 11) is 0. The third-order valence-electron chi connectivity index (χ3n) is 2.98. The van der Waals surface area contributed by atoms with Gasteiger partial charge in [0.25, 0.3) is 0 Å². The molecule has 0 aliphatic rings. The van der Waals surface area contributed by atoms with E-state index in [4.69, 9.17) is 0 Å². The lowest BCUT2D eigenvalue weighted by Gasteiger charge is -1.91. The predicted octanol–water partition coefficient (Wildman–Crippen LogP) is 6.95. The molecule has 0 unspecified atom stereocenters. The molecule has 2 aromatic heterocycles. The van der Waals surface area contributed by atoms with Gasteiger partial charge in [-0.15, -0.1) is 0 Å². The van der Waals surface area contributed by atoms with Crippen LogP contribution >= 0.6 is 11.3 Å². The molecule has 5 rings (SSSR count). The van der Waals surface area contributed by atoms with Gasteiger partial charge in [0.15, 0.2) is 6.26 Å². The van der Waals surface area contributed by atoms with Crippen LogP contribution in [0, 0.1) is 18.4 Å². The molecule has 0 spiro atoms. The van der Waals surface area contributed by atoms with Crippen LogP contribution in [-0.4, -0.2) is 0 Å². The molecule has 2 heterocycles. The Balaban J connectivity index is 0.000000132. The first-order valence-electron chi connectivity index (χ1n) is 8.10. The zero-order chi connectivity index (χ0) is 18.1. The van der Waals surface area contributed by atoms with E-state index < -0.39 is 0 Å². The summed E-state index contributed by atoms with van der Waals surface area (Å²) in [6.07, 6.45) is 4.06. The number of hydrogen-bond donors (Lipinski definition) is 0. The van der Waals surface area contributed by atoms with Gasteiger partial charge in [0, 0.05) is 0 Å². The maximum atomic E-state index is 4.46. The zero-order valence-corrected chi connectivity index (χ0v) is 15.1. The lowest BCUT2D eigenvalue weighted by molar-refractivity contribution is 0.558. The quantitative estimate of drug-likeness (QED) is 0.293. The first kappa shape index (κ1) is 19.2. The van der Waals surface area contributed by atoms with E-state index >= 15 is 0 Å². The highest BCUT2D eigenvalue weighted by molar-refractivity contribution is 7.07. The molecule has 5 aromatic rings. The van der Waals surface area contributed by atoms with Gasteiger partial charge in [-0.1, -0.05) is 84.9 Å². The summed E-state index contributed by atoms with van der Waals surface area (Å²) in [6, 6.07) is 37.4. The molecule has 0 N–H and O–H groups in total. The molecule has 0 atom stereocenters. The zero-order valence-electron chi connectivity index (χ0n) is 14.3. The monoisotopic (exact) mass is 355 g/mol. The molecule has 0 aliphatic heterocycles. The Morgan fingerprint density at radius 2 is 1.42 bits per heavy atom. The molecule has 3 aromatic carbocycles. The second kappa shape index (κ2) is 13.2. The number of furan rings is 1. The van der Waals surface area contributed by atoms with Crippen molar-refractivity contribution in [1.29, 1.82) is 0 Å². The minimum atomic E-state index is 1.19. The van der Waals surface area contributed by atoms with Gasteiger partial charge in [-0.25, -0.2) is 0 Å². The molecule has 0 saturated carbocycles. The van der Waals surface area contributed by atoms with Crippen LogP contribution in [0.2, 0.25) is 0 Å². The number of benzene rings is 3. The molecular weight excluding hydrogens is 336 g/mol. The maximum Gasteiger partial charge on any atom is 0.169 e. The van der Waals surface area contributed by atoms with Crippen LogP contribution in [0.4, 0.5) is 0 Å². The molecule has 127 valence electrons. The summed E-state index contributed by atoms with van der Waals surface area (Å²) in [5.74, 6) is 0. The van der Waals surface area contributed by atoms with E-state index in [0.717, 1.165) is 0 Å². The van der Waals surface area contributed by atoms with Crippen molar-refractivity contribution < 1.29 is 4.42 Å². The van der Waals surface area contributed by atoms with Gasteiger partial charge in [-0.2, -0.15) is 11.3 Å². The van der Waals surface area contributed by atoms with Gasteiger partial charge < -0.3 is 4.42 Å². The van der Waals surface area contributed by atoms with Gasteiger partial charge in [-0.3, -0.25) is 0 Å². The predicted molar refractivity (Wildman–Crippen MR) is 110 cm³/mol. The van der Waals surface area contributed by atoms with Crippen LogP contribution in [0.3, 0.4) is 0 Å². The van der Waals surface area contributed by atoms with Gasteiger partial charge in [0.05, 0.1) is 6.26 Å². The SMILES string of the molecule is [c]1cccc2ccccc12.[c]1ccccc1.[c]1ccco1.c1ccsc1. The summed E-state index contributed by atoms with van der Waals surface area (Å²) in [4.78, 5) is 0. The van der Waals surface area contributed by atoms with Crippen molar-refractivity contribution in [3.63, 3.8) is 0 Å². The molecule has 3 radical (unpaired) electrons. The van der Waals surface area contributed by atoms with Crippen LogP contribution in [-0.2, 0) is 0 Å². The van der Waals surface area contributed by atoms with Gasteiger partial charge in [0.2, 0.25) is 0 Å². The first-order valence-corrected chi connectivity index (χ1v) is 9.04. The highest BCUT2D eigenvalue weighted by Crippen LogP contribution is 2.10. The maximum absolute atomic E-state index is 4.46. The normalized spacial score (nSPS) is 8.77. The van der Waals surface area contributed by atoms with E-state index in [1.54, 1.807) is 29.7 Å². The molecule has 0 saturated heterocycles. The molecular formula is C24H19OS. The first-order chi connectivity index (χ1) is 13.0. The number of thiophene rings is 1. The van der Waals surface area contributed by atoms with Crippen molar-refractivity contribution in [2.24, 2.45) is 0 Å². The van der Waals surface area contributed by atoms with Crippen molar-refractivity contribution in [2.45, 2.75) is 0 Å². The van der Waals surface area contributed by atoms with E-state index in [9.17, 15) is 0 Å². The Morgan fingerprint density at radius 1 is 0.654 bits per heavy atom. The molecule has 2 heteroatoms. The van der Waals surface area contributed by atoms with Crippen LogP contribution in [0.25, 0.3) is 10.8 Å². The Hall–Kier alpha value is -3.10.